The number of imidazole rings is 1. The second-order valence-electron chi connectivity index (χ2n) is 5.70. The van der Waals surface area contributed by atoms with Gasteiger partial charge in [0.05, 0.1) is 23.3 Å². The molecule has 0 aliphatic carbocycles. The highest BCUT2D eigenvalue weighted by atomic mass is 32.2. The maximum Gasteiger partial charge on any atom is 0.406 e. The van der Waals surface area contributed by atoms with Crippen LogP contribution >= 0.6 is 0 Å². The van der Waals surface area contributed by atoms with Gasteiger partial charge in [-0.3, -0.25) is 4.68 Å². The fourth-order valence-electron chi connectivity index (χ4n) is 2.58. The van der Waals surface area contributed by atoms with Gasteiger partial charge in [-0.25, -0.2) is 13.4 Å². The fraction of sp³-hybridized carbons (Fsp3) is 0.250. The first-order valence-electron chi connectivity index (χ1n) is 7.55. The fourth-order valence-corrected chi connectivity index (χ4v) is 4.09. The predicted molar refractivity (Wildman–Crippen MR) is 87.8 cm³/mol. The molecule has 2 heterocycles. The average molecular weight is 384 g/mol. The molecule has 1 aromatic carbocycles. The van der Waals surface area contributed by atoms with E-state index >= 15 is 0 Å². The molecule has 3 rings (SSSR count). The molecular formula is C16H15F3N4O2S. The summed E-state index contributed by atoms with van der Waals surface area (Å²) in [5.74, 6) is -0.493. The van der Waals surface area contributed by atoms with Crippen LogP contribution in [0.2, 0.25) is 0 Å². The summed E-state index contributed by atoms with van der Waals surface area (Å²) in [6.07, 6.45) is -2.03. The van der Waals surface area contributed by atoms with Crippen molar-refractivity contribution in [3.63, 3.8) is 0 Å². The standard InChI is InChI=1S/C16H15F3N4O2S/c1-22-13(7-8-21-22)10-26(24,25)15-20-9-14(12-5-3-2-4-6-12)23(15)11-16(17,18)19/h2-9H,10-11H2,1H3. The van der Waals surface area contributed by atoms with E-state index in [1.165, 1.54) is 16.9 Å². The number of aromatic nitrogens is 4. The molecule has 0 unspecified atom stereocenters. The van der Waals surface area contributed by atoms with E-state index in [9.17, 15) is 21.6 Å². The smallest absolute Gasteiger partial charge is 0.306 e. The van der Waals surface area contributed by atoms with Crippen LogP contribution in [-0.2, 0) is 29.2 Å². The Bertz CT molecular complexity index is 1010. The zero-order valence-electron chi connectivity index (χ0n) is 13.7. The lowest BCUT2D eigenvalue weighted by Gasteiger charge is -2.14. The molecule has 0 N–H and O–H groups in total. The van der Waals surface area contributed by atoms with Crippen LogP contribution in [0.15, 0.2) is 53.9 Å². The Labute approximate surface area is 147 Å². The van der Waals surface area contributed by atoms with Gasteiger partial charge in [-0.15, -0.1) is 0 Å². The molecule has 0 atom stereocenters. The number of aryl methyl sites for hydroxylation is 1. The number of benzene rings is 1. The van der Waals surface area contributed by atoms with Crippen molar-refractivity contribution in [2.75, 3.05) is 0 Å². The largest absolute Gasteiger partial charge is 0.406 e. The van der Waals surface area contributed by atoms with Gasteiger partial charge in [-0.05, 0) is 11.6 Å². The lowest BCUT2D eigenvalue weighted by Crippen LogP contribution is -2.23. The van der Waals surface area contributed by atoms with Crippen LogP contribution in [0.5, 0.6) is 0 Å². The molecular weight excluding hydrogens is 369 g/mol. The summed E-state index contributed by atoms with van der Waals surface area (Å²) in [4.78, 5) is 3.80. The molecule has 138 valence electrons. The van der Waals surface area contributed by atoms with Gasteiger partial charge in [0.2, 0.25) is 15.0 Å². The molecule has 6 nitrogen and oxygen atoms in total. The van der Waals surface area contributed by atoms with Gasteiger partial charge >= 0.3 is 6.18 Å². The third-order valence-electron chi connectivity index (χ3n) is 3.76. The summed E-state index contributed by atoms with van der Waals surface area (Å²) >= 11 is 0. The van der Waals surface area contributed by atoms with Crippen molar-refractivity contribution >= 4 is 9.84 Å². The minimum Gasteiger partial charge on any atom is -0.306 e. The van der Waals surface area contributed by atoms with Gasteiger partial charge in [0.25, 0.3) is 0 Å². The molecule has 26 heavy (non-hydrogen) atoms. The van der Waals surface area contributed by atoms with E-state index in [2.05, 4.69) is 10.1 Å². The zero-order chi connectivity index (χ0) is 18.9. The highest BCUT2D eigenvalue weighted by Gasteiger charge is 2.34. The van der Waals surface area contributed by atoms with E-state index in [4.69, 9.17) is 0 Å². The molecule has 0 aliphatic rings. The Morgan fingerprint density at radius 2 is 1.81 bits per heavy atom. The zero-order valence-corrected chi connectivity index (χ0v) is 14.5. The predicted octanol–water partition coefficient (Wildman–Crippen LogP) is 2.82. The Morgan fingerprint density at radius 3 is 2.38 bits per heavy atom. The van der Waals surface area contributed by atoms with Gasteiger partial charge in [0, 0.05) is 13.2 Å². The van der Waals surface area contributed by atoms with Crippen molar-refractivity contribution in [2.45, 2.75) is 23.6 Å². The van der Waals surface area contributed by atoms with Crippen molar-refractivity contribution in [3.8, 4) is 11.3 Å². The topological polar surface area (TPSA) is 69.8 Å². The van der Waals surface area contributed by atoms with Crippen LogP contribution in [0.1, 0.15) is 5.69 Å². The SMILES string of the molecule is Cn1nccc1CS(=O)(=O)c1ncc(-c2ccccc2)n1CC(F)(F)F. The normalized spacial score (nSPS) is 12.5. The maximum atomic E-state index is 13.1. The number of nitrogens with zero attached hydrogens (tertiary/aromatic N) is 4. The number of hydrogen-bond donors (Lipinski definition) is 0. The van der Waals surface area contributed by atoms with E-state index < -0.39 is 33.5 Å². The monoisotopic (exact) mass is 384 g/mol. The van der Waals surface area contributed by atoms with Crippen molar-refractivity contribution in [1.29, 1.82) is 0 Å². The Kier molecular flexibility index (Phi) is 4.61. The van der Waals surface area contributed by atoms with E-state index in [0.717, 1.165) is 6.20 Å². The van der Waals surface area contributed by atoms with Gasteiger partial charge in [-0.1, -0.05) is 30.3 Å². The van der Waals surface area contributed by atoms with Gasteiger partial charge in [-0.2, -0.15) is 18.3 Å². The minimum absolute atomic E-state index is 0.0894. The first-order valence-corrected chi connectivity index (χ1v) is 9.20. The summed E-state index contributed by atoms with van der Waals surface area (Å²) < 4.78 is 66.7. The first-order chi connectivity index (χ1) is 12.2. The second-order valence-corrected chi connectivity index (χ2v) is 7.58. The Hall–Kier alpha value is -2.62. The molecule has 0 spiro atoms. The quantitative estimate of drug-likeness (QED) is 0.678. The van der Waals surface area contributed by atoms with E-state index in [1.54, 1.807) is 37.4 Å². The van der Waals surface area contributed by atoms with Gasteiger partial charge in [0.15, 0.2) is 0 Å². The van der Waals surface area contributed by atoms with Crippen molar-refractivity contribution in [3.05, 3.63) is 54.5 Å². The first kappa shape index (κ1) is 18.2. The molecule has 0 saturated carbocycles. The van der Waals surface area contributed by atoms with E-state index in [1.807, 2.05) is 0 Å². The second kappa shape index (κ2) is 6.60. The van der Waals surface area contributed by atoms with Crippen molar-refractivity contribution in [1.82, 2.24) is 19.3 Å². The van der Waals surface area contributed by atoms with E-state index in [-0.39, 0.29) is 5.69 Å². The van der Waals surface area contributed by atoms with Gasteiger partial charge in [0.1, 0.15) is 6.54 Å². The summed E-state index contributed by atoms with van der Waals surface area (Å²) in [5, 5.41) is 3.26. The molecule has 0 bridgehead atoms. The molecule has 0 radical (unpaired) electrons. The third-order valence-corrected chi connectivity index (χ3v) is 5.32. The van der Waals surface area contributed by atoms with Gasteiger partial charge < -0.3 is 4.57 Å². The molecule has 3 aromatic rings. The maximum absolute atomic E-state index is 13.1. The molecule has 2 aromatic heterocycles. The molecule has 0 amide bonds. The summed E-state index contributed by atoms with van der Waals surface area (Å²) in [6, 6.07) is 9.72. The van der Waals surface area contributed by atoms with Crippen molar-refractivity contribution in [2.24, 2.45) is 7.05 Å². The Morgan fingerprint density at radius 1 is 1.12 bits per heavy atom. The molecule has 0 saturated heterocycles. The number of sulfone groups is 1. The Balaban J connectivity index is 2.09. The summed E-state index contributed by atoms with van der Waals surface area (Å²) in [5.41, 5.74) is 0.894. The minimum atomic E-state index is -4.60. The number of alkyl halides is 3. The number of rotatable bonds is 5. The van der Waals surface area contributed by atoms with E-state index in [0.29, 0.717) is 15.8 Å². The summed E-state index contributed by atoms with van der Waals surface area (Å²) in [7, 11) is -2.55. The van der Waals surface area contributed by atoms with Crippen LogP contribution in [0.25, 0.3) is 11.3 Å². The molecule has 0 aliphatic heterocycles. The number of halogens is 3. The van der Waals surface area contributed by atoms with Crippen LogP contribution in [0.3, 0.4) is 0 Å². The van der Waals surface area contributed by atoms with Crippen LogP contribution < -0.4 is 0 Å². The third kappa shape index (κ3) is 3.79. The van der Waals surface area contributed by atoms with Crippen molar-refractivity contribution < 1.29 is 21.6 Å². The number of hydrogen-bond acceptors (Lipinski definition) is 4. The highest BCUT2D eigenvalue weighted by Crippen LogP contribution is 2.28. The van der Waals surface area contributed by atoms with Crippen LogP contribution in [-0.4, -0.2) is 33.9 Å². The summed E-state index contributed by atoms with van der Waals surface area (Å²) in [6.45, 7) is -1.45. The molecule has 10 heteroatoms. The molecule has 0 fully saturated rings. The van der Waals surface area contributed by atoms with Crippen LogP contribution in [0, 0.1) is 0 Å². The van der Waals surface area contributed by atoms with Crippen LogP contribution in [0.4, 0.5) is 13.2 Å². The average Bonchev–Trinajstić information content (AvgIpc) is 3.13. The lowest BCUT2D eigenvalue weighted by molar-refractivity contribution is -0.141. The highest BCUT2D eigenvalue weighted by molar-refractivity contribution is 7.90. The lowest BCUT2D eigenvalue weighted by atomic mass is 10.2.